The van der Waals surface area contributed by atoms with E-state index in [1.54, 1.807) is 30.0 Å². The zero-order valence-corrected chi connectivity index (χ0v) is 18.7. The summed E-state index contributed by atoms with van der Waals surface area (Å²) in [5, 5.41) is 2.65. The number of amides is 2. The molecule has 0 aromatic heterocycles. The molecule has 2 amide bonds. The molecule has 1 aromatic carbocycles. The monoisotopic (exact) mass is 461 g/mol. The summed E-state index contributed by atoms with van der Waals surface area (Å²) in [4.78, 5) is 39.6. The van der Waals surface area contributed by atoms with Crippen molar-refractivity contribution in [3.05, 3.63) is 58.2 Å². The maximum atomic E-state index is 12.8. The first-order valence-corrected chi connectivity index (χ1v) is 10.4. The number of ketones is 1. The fraction of sp³-hybridized carbons (Fsp3) is 0.409. The number of hydrogen-bond acceptors (Lipinski definition) is 4. The average Bonchev–Trinajstić information content (AvgIpc) is 2.69. The van der Waals surface area contributed by atoms with Gasteiger partial charge in [0.25, 0.3) is 11.8 Å². The Labute approximate surface area is 180 Å². The lowest BCUT2D eigenvalue weighted by atomic mass is 9.76. The van der Waals surface area contributed by atoms with Crippen LogP contribution in [0, 0.1) is 11.3 Å². The Morgan fingerprint density at radius 2 is 1.90 bits per heavy atom. The van der Waals surface area contributed by atoms with E-state index in [2.05, 4.69) is 21.2 Å². The van der Waals surface area contributed by atoms with E-state index < -0.39 is 17.1 Å². The van der Waals surface area contributed by atoms with Crippen LogP contribution >= 0.6 is 15.9 Å². The molecular formula is C22H28BrN3O3. The van der Waals surface area contributed by atoms with Gasteiger partial charge in [0.15, 0.2) is 0 Å². The number of hydrogen-bond donors (Lipinski definition) is 2. The molecule has 1 aromatic rings. The SMILES string of the molecule is CC(C)CN(CCNC(=O)C(=O)C1(C)CC=C(Br)C=C1N)C(=O)c1ccccc1. The number of rotatable bonds is 8. The molecule has 0 fully saturated rings. The molecular weight excluding hydrogens is 434 g/mol. The molecule has 0 spiro atoms. The lowest BCUT2D eigenvalue weighted by molar-refractivity contribution is -0.142. The van der Waals surface area contributed by atoms with E-state index in [4.69, 9.17) is 5.73 Å². The molecule has 2 rings (SSSR count). The number of benzene rings is 1. The van der Waals surface area contributed by atoms with Crippen molar-refractivity contribution < 1.29 is 14.4 Å². The Balaban J connectivity index is 1.98. The summed E-state index contributed by atoms with van der Waals surface area (Å²) in [7, 11) is 0. The Kier molecular flexibility index (Phi) is 7.79. The summed E-state index contributed by atoms with van der Waals surface area (Å²) in [6.45, 7) is 6.79. The van der Waals surface area contributed by atoms with E-state index >= 15 is 0 Å². The highest BCUT2D eigenvalue weighted by Gasteiger charge is 2.40. The summed E-state index contributed by atoms with van der Waals surface area (Å²) in [5.41, 5.74) is 5.91. The molecule has 3 N–H and O–H groups in total. The minimum absolute atomic E-state index is 0.0960. The largest absolute Gasteiger partial charge is 0.401 e. The Morgan fingerprint density at radius 1 is 1.24 bits per heavy atom. The second kappa shape index (κ2) is 9.87. The first-order chi connectivity index (χ1) is 13.6. The van der Waals surface area contributed by atoms with Gasteiger partial charge in [0.1, 0.15) is 0 Å². The fourth-order valence-electron chi connectivity index (χ4n) is 3.13. The number of Topliss-reactive ketones (excluding diaryl/α,β-unsaturated/α-hetero) is 1. The molecule has 1 aliphatic rings. The van der Waals surface area contributed by atoms with Gasteiger partial charge in [0, 0.05) is 35.4 Å². The predicted octanol–water partition coefficient (Wildman–Crippen LogP) is 3.00. The van der Waals surface area contributed by atoms with Crippen LogP contribution in [0.3, 0.4) is 0 Å². The third-order valence-corrected chi connectivity index (χ3v) is 5.46. The second-order valence-electron chi connectivity index (χ2n) is 7.82. The standard InChI is InChI=1S/C22H28BrN3O3/c1-15(2)14-26(21(29)16-7-5-4-6-8-16)12-11-25-20(28)19(27)22(3)10-9-17(23)13-18(22)24/h4-9,13,15H,10-12,14,24H2,1-3H3,(H,25,28). The Bertz CT molecular complexity index is 833. The Hall–Kier alpha value is -2.41. The van der Waals surface area contributed by atoms with Crippen LogP contribution in [-0.2, 0) is 9.59 Å². The summed E-state index contributed by atoms with van der Waals surface area (Å²) in [6.07, 6.45) is 3.83. The molecule has 0 heterocycles. The second-order valence-corrected chi connectivity index (χ2v) is 8.74. The highest BCUT2D eigenvalue weighted by atomic mass is 79.9. The molecule has 1 aliphatic carbocycles. The molecule has 29 heavy (non-hydrogen) atoms. The zero-order chi connectivity index (χ0) is 21.6. The van der Waals surface area contributed by atoms with E-state index in [-0.39, 0.29) is 18.4 Å². The van der Waals surface area contributed by atoms with Crippen LogP contribution in [0.2, 0.25) is 0 Å². The summed E-state index contributed by atoms with van der Waals surface area (Å²) in [5.74, 6) is -1.09. The van der Waals surface area contributed by atoms with Gasteiger partial charge in [-0.1, -0.05) is 54.1 Å². The molecule has 1 unspecified atom stereocenters. The third kappa shape index (κ3) is 5.79. The number of halogens is 1. The van der Waals surface area contributed by atoms with Crippen LogP contribution in [-0.4, -0.2) is 42.1 Å². The highest BCUT2D eigenvalue weighted by molar-refractivity contribution is 9.11. The normalized spacial score (nSPS) is 18.7. The van der Waals surface area contributed by atoms with E-state index in [0.717, 1.165) is 4.48 Å². The number of nitrogens with zero attached hydrogens (tertiary/aromatic N) is 1. The number of allylic oxidation sites excluding steroid dienone is 4. The van der Waals surface area contributed by atoms with Crippen LogP contribution < -0.4 is 11.1 Å². The van der Waals surface area contributed by atoms with Crippen LogP contribution in [0.1, 0.15) is 37.6 Å². The molecule has 7 heteroatoms. The van der Waals surface area contributed by atoms with Crippen LogP contribution in [0.25, 0.3) is 0 Å². The molecule has 1 atom stereocenters. The fourth-order valence-corrected chi connectivity index (χ4v) is 3.53. The first-order valence-electron chi connectivity index (χ1n) is 9.65. The minimum atomic E-state index is -1.06. The van der Waals surface area contributed by atoms with Crippen molar-refractivity contribution in [2.75, 3.05) is 19.6 Å². The molecule has 0 saturated heterocycles. The van der Waals surface area contributed by atoms with Crippen LogP contribution in [0.4, 0.5) is 0 Å². The van der Waals surface area contributed by atoms with Crippen molar-refractivity contribution in [1.82, 2.24) is 10.2 Å². The van der Waals surface area contributed by atoms with Crippen molar-refractivity contribution in [2.45, 2.75) is 27.2 Å². The van der Waals surface area contributed by atoms with E-state index in [1.165, 1.54) is 0 Å². The summed E-state index contributed by atoms with van der Waals surface area (Å²) in [6, 6.07) is 9.02. The minimum Gasteiger partial charge on any atom is -0.401 e. The van der Waals surface area contributed by atoms with E-state index in [9.17, 15) is 14.4 Å². The van der Waals surface area contributed by atoms with E-state index in [1.807, 2.05) is 38.1 Å². The lowest BCUT2D eigenvalue weighted by Gasteiger charge is -2.29. The molecule has 0 radical (unpaired) electrons. The van der Waals surface area contributed by atoms with Gasteiger partial charge in [-0.2, -0.15) is 0 Å². The van der Waals surface area contributed by atoms with Gasteiger partial charge in [-0.25, -0.2) is 0 Å². The quantitative estimate of drug-likeness (QED) is 0.581. The highest BCUT2D eigenvalue weighted by Crippen LogP contribution is 2.35. The van der Waals surface area contributed by atoms with Gasteiger partial charge in [-0.3, -0.25) is 14.4 Å². The maximum Gasteiger partial charge on any atom is 0.288 e. The maximum absolute atomic E-state index is 12.8. The number of nitrogens with one attached hydrogen (secondary N) is 1. The van der Waals surface area contributed by atoms with Crippen molar-refractivity contribution in [3.63, 3.8) is 0 Å². The first kappa shape index (κ1) is 22.9. The van der Waals surface area contributed by atoms with Gasteiger partial charge < -0.3 is 16.0 Å². The van der Waals surface area contributed by atoms with Crippen molar-refractivity contribution >= 4 is 33.5 Å². The van der Waals surface area contributed by atoms with Crippen LogP contribution in [0.15, 0.2) is 52.7 Å². The smallest absolute Gasteiger partial charge is 0.288 e. The summed E-state index contributed by atoms with van der Waals surface area (Å²) >= 11 is 3.33. The zero-order valence-electron chi connectivity index (χ0n) is 17.1. The topological polar surface area (TPSA) is 92.5 Å². The molecule has 0 bridgehead atoms. The van der Waals surface area contributed by atoms with Crippen molar-refractivity contribution in [1.29, 1.82) is 0 Å². The molecule has 6 nitrogen and oxygen atoms in total. The van der Waals surface area contributed by atoms with Gasteiger partial charge in [-0.05, 0) is 37.5 Å². The predicted molar refractivity (Wildman–Crippen MR) is 117 cm³/mol. The van der Waals surface area contributed by atoms with Crippen molar-refractivity contribution in [2.24, 2.45) is 17.1 Å². The van der Waals surface area contributed by atoms with Gasteiger partial charge >= 0.3 is 0 Å². The number of carbonyl (C=O) groups excluding carboxylic acids is 3. The molecule has 156 valence electrons. The molecule has 0 aliphatic heterocycles. The van der Waals surface area contributed by atoms with Crippen LogP contribution in [0.5, 0.6) is 0 Å². The number of nitrogens with two attached hydrogens (primary N) is 1. The Morgan fingerprint density at radius 3 is 2.48 bits per heavy atom. The molecule has 0 saturated carbocycles. The van der Waals surface area contributed by atoms with Crippen molar-refractivity contribution in [3.8, 4) is 0 Å². The third-order valence-electron chi connectivity index (χ3n) is 4.90. The number of carbonyl (C=O) groups is 3. The van der Waals surface area contributed by atoms with Gasteiger partial charge in [0.05, 0.1) is 5.41 Å². The van der Waals surface area contributed by atoms with Gasteiger partial charge in [-0.15, -0.1) is 0 Å². The lowest BCUT2D eigenvalue weighted by Crippen LogP contribution is -2.47. The summed E-state index contributed by atoms with van der Waals surface area (Å²) < 4.78 is 0.796. The van der Waals surface area contributed by atoms with Gasteiger partial charge in [0.2, 0.25) is 5.78 Å². The average molecular weight is 462 g/mol. The van der Waals surface area contributed by atoms with E-state index in [0.29, 0.717) is 30.8 Å².